The second kappa shape index (κ2) is 37.6. The number of imide groups is 2. The van der Waals surface area contributed by atoms with Crippen LogP contribution in [0, 0.1) is 11.8 Å². The number of piperazine rings is 4. The molecule has 0 bridgehead atoms. The number of rotatable bonds is 21. The van der Waals surface area contributed by atoms with Gasteiger partial charge >= 0.3 is 0 Å². The van der Waals surface area contributed by atoms with E-state index in [0.717, 1.165) is 209 Å². The summed E-state index contributed by atoms with van der Waals surface area (Å²) in [6.45, 7) is 36.8. The minimum Gasteiger partial charge on any atom is -0.491 e. The highest BCUT2D eigenvalue weighted by atomic mass is 35.5. The third-order valence-electron chi connectivity index (χ3n) is 25.6. The highest BCUT2D eigenvalue weighted by molar-refractivity contribution is 6.30. The molecule has 12 heterocycles. The predicted octanol–water partition coefficient (Wildman–Crippen LogP) is 7.54. The molecular weight excluding hydrogens is 1530 g/mol. The van der Waals surface area contributed by atoms with E-state index in [1.165, 1.54) is 82.4 Å². The van der Waals surface area contributed by atoms with E-state index in [1.54, 1.807) is 24.5 Å². The van der Waals surface area contributed by atoms with Crippen molar-refractivity contribution < 1.29 is 47.8 Å². The number of anilines is 3. The number of carbonyl (C=O) groups is 8. The fraction of sp³-hybridized carbons (Fsp3) is 0.533. The van der Waals surface area contributed by atoms with E-state index >= 15 is 0 Å². The number of hydrogen-bond acceptors (Lipinski definition) is 26. The lowest BCUT2D eigenvalue weighted by atomic mass is 9.92. The number of fused-ring (bicyclic) bond motifs is 4. The Morgan fingerprint density at radius 2 is 0.807 bits per heavy atom. The minimum atomic E-state index is -0.842. The summed E-state index contributed by atoms with van der Waals surface area (Å²) in [5.74, 6) is 1.52. The van der Waals surface area contributed by atoms with E-state index in [1.807, 2.05) is 76.2 Å². The number of ether oxygens (including phenoxy) is 2. The number of nitrogens with one attached hydrogen (secondary N) is 1. The number of carbonyl (C=O) groups excluding carboxylic acids is 8. The minimum absolute atomic E-state index is 0.113. The summed E-state index contributed by atoms with van der Waals surface area (Å²) in [6.07, 6.45) is 8.87. The lowest BCUT2D eigenvalue weighted by molar-refractivity contribution is -0.134. The molecule has 2 aromatic heterocycles. The number of aromatic nitrogens is 4. The van der Waals surface area contributed by atoms with Crippen molar-refractivity contribution in [3.8, 4) is 11.5 Å². The summed E-state index contributed by atoms with van der Waals surface area (Å²) in [6, 6.07) is 25.3. The summed E-state index contributed by atoms with van der Waals surface area (Å²) in [5, 5.41) is 3.85. The SMILES string of the molecule is CC(C)Oc1ccc2c(c1)C(c1cc(Cl)ncn1)=NC2.CC(C)Oc1ccc2c(c1)C(c1cc(N3CCN(CCN4CCC(CN5CCN(c6ccc7c(c6)C(=O)N(C6CCC(=O)CC6=O)C7=O)CC5)CC4)CC3)ncn1)=NC2.O=C1CCC(N2C(=O)c3ccc(N4CCN(CC5CCN(CCN6CCNCC6)CC5)CC4)cc3C2=O)C(=O)C1. The van der Waals surface area contributed by atoms with E-state index in [4.69, 9.17) is 26.1 Å². The van der Waals surface area contributed by atoms with Crippen LogP contribution in [0.25, 0.3) is 0 Å². The Labute approximate surface area is 701 Å². The first kappa shape index (κ1) is 83.0. The van der Waals surface area contributed by atoms with Crippen molar-refractivity contribution in [1.29, 1.82) is 0 Å². The van der Waals surface area contributed by atoms with Crippen molar-refractivity contribution in [2.45, 2.75) is 129 Å². The molecule has 2 atom stereocenters. The zero-order valence-electron chi connectivity index (χ0n) is 69.1. The van der Waals surface area contributed by atoms with Crippen LogP contribution < -0.4 is 29.5 Å². The average Bonchev–Trinajstić information content (AvgIpc) is 1.61. The molecule has 2 unspecified atom stereocenters. The molecule has 6 aromatic rings. The number of Topliss-reactive ketones (excluding diaryl/α,β-unsaturated/α-hetero) is 4. The van der Waals surface area contributed by atoms with Gasteiger partial charge in [0.1, 0.15) is 46.7 Å². The van der Waals surface area contributed by atoms with Gasteiger partial charge in [-0.1, -0.05) is 23.7 Å². The van der Waals surface area contributed by atoms with Crippen LogP contribution in [0.2, 0.25) is 5.15 Å². The molecule has 1 N–H and O–H groups in total. The fourth-order valence-corrected chi connectivity index (χ4v) is 19.0. The van der Waals surface area contributed by atoms with Gasteiger partial charge < -0.3 is 39.3 Å². The molecule has 6 saturated heterocycles. The molecule has 0 radical (unpaired) electrons. The lowest BCUT2D eigenvalue weighted by Gasteiger charge is -2.40. The fourth-order valence-electron chi connectivity index (χ4n) is 18.9. The van der Waals surface area contributed by atoms with Crippen molar-refractivity contribution >= 4 is 87.0 Å². The van der Waals surface area contributed by atoms with E-state index in [0.29, 0.717) is 46.4 Å². The van der Waals surface area contributed by atoms with E-state index in [2.05, 4.69) is 92.5 Å². The van der Waals surface area contributed by atoms with E-state index in [-0.39, 0.29) is 73.9 Å². The van der Waals surface area contributed by atoms with Crippen molar-refractivity contribution in [2.75, 3.05) is 185 Å². The Morgan fingerprint density at radius 1 is 0.403 bits per heavy atom. The third-order valence-corrected chi connectivity index (χ3v) is 25.8. The van der Waals surface area contributed by atoms with Crippen molar-refractivity contribution in [2.24, 2.45) is 21.8 Å². The van der Waals surface area contributed by atoms with Crippen LogP contribution in [0.1, 0.15) is 167 Å². The van der Waals surface area contributed by atoms with Crippen LogP contribution >= 0.6 is 11.6 Å². The zero-order chi connectivity index (χ0) is 82.4. The number of ketones is 4. The number of nitrogens with zero attached hydrogens (tertiary/aromatic N) is 17. The number of aliphatic imine (C=N–C) groups is 2. The topological polar surface area (TPSA) is 279 Å². The van der Waals surface area contributed by atoms with Gasteiger partial charge in [0, 0.05) is 191 Å². The molecule has 10 aliphatic heterocycles. The molecule has 18 rings (SSSR count). The average molecular weight is 1640 g/mol. The molecule has 28 nitrogen and oxygen atoms in total. The molecule has 119 heavy (non-hydrogen) atoms. The molecule has 2 saturated carbocycles. The van der Waals surface area contributed by atoms with Crippen LogP contribution in [0.4, 0.5) is 17.2 Å². The van der Waals surface area contributed by atoms with Crippen molar-refractivity contribution in [1.82, 2.24) is 64.5 Å². The van der Waals surface area contributed by atoms with Crippen LogP contribution in [0.3, 0.4) is 0 Å². The van der Waals surface area contributed by atoms with Gasteiger partial charge in [0.25, 0.3) is 23.6 Å². The number of halogens is 1. The first-order chi connectivity index (χ1) is 57.7. The lowest BCUT2D eigenvalue weighted by Crippen LogP contribution is -2.50. The van der Waals surface area contributed by atoms with Crippen LogP contribution in [0.15, 0.2) is 108 Å². The van der Waals surface area contributed by atoms with Gasteiger partial charge in [0.15, 0.2) is 11.6 Å². The van der Waals surface area contributed by atoms with E-state index in [9.17, 15) is 38.4 Å². The third kappa shape index (κ3) is 19.6. The van der Waals surface area contributed by atoms with Crippen molar-refractivity contribution in [3.05, 3.63) is 159 Å². The second-order valence-corrected chi connectivity index (χ2v) is 34.6. The molecule has 29 heteroatoms. The quantitative estimate of drug-likeness (QED) is 0.0414. The van der Waals surface area contributed by atoms with Gasteiger partial charge in [0.05, 0.1) is 95.3 Å². The first-order valence-corrected chi connectivity index (χ1v) is 43.6. The van der Waals surface area contributed by atoms with Crippen LogP contribution in [-0.2, 0) is 32.3 Å². The number of benzene rings is 4. The molecule has 12 aliphatic rings. The number of piperidine rings is 2. The molecule has 628 valence electrons. The molecule has 4 amide bonds. The Hall–Kier alpha value is -9.65. The Morgan fingerprint density at radius 3 is 1.24 bits per heavy atom. The highest BCUT2D eigenvalue weighted by Crippen LogP contribution is 2.37. The molecular formula is C90H111ClN18O10. The number of hydrogen-bond donors (Lipinski definition) is 1. The summed E-state index contributed by atoms with van der Waals surface area (Å²) in [4.78, 5) is 153. The normalized spacial score (nSPS) is 22.1. The summed E-state index contributed by atoms with van der Waals surface area (Å²) < 4.78 is 11.7. The molecule has 4 aromatic carbocycles. The number of likely N-dealkylation sites (tertiary alicyclic amines) is 2. The van der Waals surface area contributed by atoms with Gasteiger partial charge in [-0.05, 0) is 176 Å². The Balaban J connectivity index is 0.000000150. The first-order valence-electron chi connectivity index (χ1n) is 43.2. The monoisotopic (exact) mass is 1640 g/mol. The summed E-state index contributed by atoms with van der Waals surface area (Å²) >= 11 is 5.92. The Kier molecular flexibility index (Phi) is 26.2. The predicted molar refractivity (Wildman–Crippen MR) is 455 cm³/mol. The maximum absolute atomic E-state index is 13.4. The largest absolute Gasteiger partial charge is 0.491 e. The standard InChI is InChI=1S/C45H55N9O5.C30H42N6O4.C15H14ClN3O/c1-30(2)59-35-6-3-32-27-46-43(37(32)25-35)39-26-42(48-29-47-39)53-21-15-50(16-22-53)14-13-49-11-9-31(10-12-49)28-51-17-19-52(20-18-51)33-4-7-36-38(23-33)45(58)54(44(36)57)40-8-5-34(55)24-41(40)56;37-24-2-4-27(28(38)20-24)36-29(39)25-3-1-23(19-26(25)30(36)40)35-17-15-34(16-18-35)21-22-5-9-32(10-6-22)13-14-33-11-7-31-8-12-33;1-9(2)20-11-4-3-10-7-17-15(12(10)5-11)13-6-14(16)19-8-18-13/h3-4,6-7,23,25-26,29-31,40H,5,8-22,24,27-28H2,1-2H3;1,3,19,22,27,31H,2,4-18,20-21H2;3-6,8-9H,7H2,1-2H3. The van der Waals surface area contributed by atoms with Gasteiger partial charge in [-0.3, -0.25) is 77.7 Å². The summed E-state index contributed by atoms with van der Waals surface area (Å²) in [7, 11) is 0. The van der Waals surface area contributed by atoms with E-state index < -0.39 is 35.7 Å². The summed E-state index contributed by atoms with van der Waals surface area (Å²) in [5.41, 5.74) is 11.2. The maximum atomic E-state index is 13.4. The van der Waals surface area contributed by atoms with Crippen LogP contribution in [-0.4, -0.2) is 312 Å². The van der Waals surface area contributed by atoms with Gasteiger partial charge in [-0.25, -0.2) is 19.9 Å². The highest BCUT2D eigenvalue weighted by Gasteiger charge is 2.47. The molecule has 0 spiro atoms. The number of amides is 4. The molecule has 8 fully saturated rings. The van der Waals surface area contributed by atoms with Gasteiger partial charge in [0.2, 0.25) is 0 Å². The van der Waals surface area contributed by atoms with Crippen molar-refractivity contribution in [3.63, 3.8) is 0 Å². The van der Waals surface area contributed by atoms with Gasteiger partial charge in [-0.2, -0.15) is 0 Å². The maximum Gasteiger partial charge on any atom is 0.262 e. The second-order valence-electron chi connectivity index (χ2n) is 34.2. The molecule has 2 aliphatic carbocycles. The zero-order valence-corrected chi connectivity index (χ0v) is 69.9. The smallest absolute Gasteiger partial charge is 0.262 e. The van der Waals surface area contributed by atoms with Crippen LogP contribution in [0.5, 0.6) is 11.5 Å². The Bertz CT molecular complexity index is 4840. The van der Waals surface area contributed by atoms with Gasteiger partial charge in [-0.15, -0.1) is 0 Å².